The van der Waals surface area contributed by atoms with Gasteiger partial charge in [0.25, 0.3) is 5.91 Å². The Labute approximate surface area is 166 Å². The molecule has 1 heterocycles. The fourth-order valence-electron chi connectivity index (χ4n) is 3.50. The molecule has 0 aliphatic carbocycles. The van der Waals surface area contributed by atoms with Gasteiger partial charge in [-0.05, 0) is 62.1 Å². The second-order valence-corrected chi connectivity index (χ2v) is 8.20. The zero-order valence-electron chi connectivity index (χ0n) is 16.8. The number of hydrogen-bond donors (Lipinski definition) is 1. The maximum atomic E-state index is 12.9. The van der Waals surface area contributed by atoms with Gasteiger partial charge in [-0.25, -0.2) is 4.79 Å². The first kappa shape index (κ1) is 19.9. The van der Waals surface area contributed by atoms with Gasteiger partial charge in [0.15, 0.2) is 0 Å². The molecule has 3 rings (SSSR count). The molecule has 2 amide bonds. The number of piperidine rings is 1. The third-order valence-corrected chi connectivity index (χ3v) is 4.88. The first-order chi connectivity index (χ1) is 13.3. The fraction of sp³-hybridized carbons (Fsp3) is 0.391. The minimum Gasteiger partial charge on any atom is -0.444 e. The lowest BCUT2D eigenvalue weighted by Gasteiger charge is -2.33. The quantitative estimate of drug-likeness (QED) is 0.846. The molecular formula is C23H28N2O3. The van der Waals surface area contributed by atoms with Crippen LogP contribution in [-0.2, 0) is 4.74 Å². The normalized spacial score (nSPS) is 15.3. The smallest absolute Gasteiger partial charge is 0.407 e. The van der Waals surface area contributed by atoms with Crippen LogP contribution in [0.15, 0.2) is 43.0 Å². The molecule has 0 radical (unpaired) electrons. The van der Waals surface area contributed by atoms with E-state index in [-0.39, 0.29) is 11.9 Å². The summed E-state index contributed by atoms with van der Waals surface area (Å²) in [6.45, 7) is 10.6. The van der Waals surface area contributed by atoms with Crippen molar-refractivity contribution in [2.75, 3.05) is 13.1 Å². The van der Waals surface area contributed by atoms with Gasteiger partial charge >= 0.3 is 6.09 Å². The largest absolute Gasteiger partial charge is 0.444 e. The summed E-state index contributed by atoms with van der Waals surface area (Å²) in [5.41, 5.74) is 1.24. The number of likely N-dealkylation sites (tertiary alicyclic amines) is 1. The number of nitrogens with one attached hydrogen (secondary N) is 1. The van der Waals surface area contributed by atoms with Crippen molar-refractivity contribution in [1.29, 1.82) is 0 Å². The molecule has 5 heteroatoms. The summed E-state index contributed by atoms with van der Waals surface area (Å²) < 4.78 is 5.31. The Morgan fingerprint density at radius 3 is 2.54 bits per heavy atom. The molecule has 1 aliphatic rings. The van der Waals surface area contributed by atoms with Crippen LogP contribution in [0.4, 0.5) is 4.79 Å². The Hall–Kier alpha value is -2.82. The third kappa shape index (κ3) is 4.71. The van der Waals surface area contributed by atoms with Crippen LogP contribution in [0.25, 0.3) is 16.8 Å². The molecule has 5 nitrogen and oxygen atoms in total. The first-order valence-corrected chi connectivity index (χ1v) is 9.71. The lowest BCUT2D eigenvalue weighted by atomic mass is 10.0. The Balaban J connectivity index is 1.61. The minimum absolute atomic E-state index is 0.0293. The van der Waals surface area contributed by atoms with Crippen LogP contribution in [0, 0.1) is 0 Å². The number of nitrogens with zero attached hydrogens (tertiary/aromatic N) is 1. The van der Waals surface area contributed by atoms with Gasteiger partial charge in [0.2, 0.25) is 0 Å². The third-order valence-electron chi connectivity index (χ3n) is 4.88. The van der Waals surface area contributed by atoms with E-state index in [0.29, 0.717) is 18.7 Å². The van der Waals surface area contributed by atoms with E-state index in [2.05, 4.69) is 11.9 Å². The predicted molar refractivity (Wildman–Crippen MR) is 112 cm³/mol. The lowest BCUT2D eigenvalue weighted by Crippen LogP contribution is -2.47. The van der Waals surface area contributed by atoms with Crippen molar-refractivity contribution in [3.05, 3.63) is 54.1 Å². The number of carbonyl (C=O) groups is 2. The van der Waals surface area contributed by atoms with Gasteiger partial charge in [0, 0.05) is 24.7 Å². The summed E-state index contributed by atoms with van der Waals surface area (Å²) in [6.07, 6.45) is 2.87. The minimum atomic E-state index is -0.512. The first-order valence-electron chi connectivity index (χ1n) is 9.71. The molecule has 2 aromatic rings. The maximum Gasteiger partial charge on any atom is 0.407 e. The van der Waals surface area contributed by atoms with Crippen molar-refractivity contribution >= 4 is 28.8 Å². The average molecular weight is 380 g/mol. The molecule has 1 saturated heterocycles. The van der Waals surface area contributed by atoms with Gasteiger partial charge in [-0.2, -0.15) is 0 Å². The molecule has 0 spiro atoms. The molecule has 0 saturated carbocycles. The van der Waals surface area contributed by atoms with Crippen LogP contribution in [0.1, 0.15) is 49.5 Å². The number of carbonyl (C=O) groups excluding carboxylic acids is 2. The van der Waals surface area contributed by atoms with Crippen LogP contribution in [0.2, 0.25) is 0 Å². The van der Waals surface area contributed by atoms with Crippen molar-refractivity contribution in [2.45, 2.75) is 45.3 Å². The van der Waals surface area contributed by atoms with E-state index in [4.69, 9.17) is 4.74 Å². The van der Waals surface area contributed by atoms with Crippen LogP contribution in [0.5, 0.6) is 0 Å². The van der Waals surface area contributed by atoms with E-state index >= 15 is 0 Å². The zero-order chi connectivity index (χ0) is 20.3. The molecule has 1 fully saturated rings. The molecular weight excluding hydrogens is 352 g/mol. The van der Waals surface area contributed by atoms with Crippen molar-refractivity contribution in [1.82, 2.24) is 10.2 Å². The molecule has 1 aliphatic heterocycles. The number of alkyl carbamates (subject to hydrolysis) is 1. The molecule has 28 heavy (non-hydrogen) atoms. The Morgan fingerprint density at radius 1 is 1.18 bits per heavy atom. The van der Waals surface area contributed by atoms with Gasteiger partial charge in [0.1, 0.15) is 5.60 Å². The molecule has 0 unspecified atom stereocenters. The molecule has 2 aromatic carbocycles. The van der Waals surface area contributed by atoms with Crippen LogP contribution < -0.4 is 5.32 Å². The Morgan fingerprint density at radius 2 is 1.89 bits per heavy atom. The van der Waals surface area contributed by atoms with E-state index in [0.717, 1.165) is 29.2 Å². The van der Waals surface area contributed by atoms with Gasteiger partial charge in [-0.3, -0.25) is 4.79 Å². The number of rotatable bonds is 3. The van der Waals surface area contributed by atoms with E-state index in [1.165, 1.54) is 0 Å². The number of hydrogen-bond acceptors (Lipinski definition) is 3. The summed E-state index contributed by atoms with van der Waals surface area (Å²) in [7, 11) is 0. The van der Waals surface area contributed by atoms with Crippen LogP contribution >= 0.6 is 0 Å². The topological polar surface area (TPSA) is 58.6 Å². The Bertz CT molecular complexity index is 890. The summed E-state index contributed by atoms with van der Waals surface area (Å²) in [5.74, 6) is 0.0293. The molecule has 148 valence electrons. The second-order valence-electron chi connectivity index (χ2n) is 8.20. The second kappa shape index (κ2) is 8.05. The maximum absolute atomic E-state index is 12.9. The number of amides is 2. The lowest BCUT2D eigenvalue weighted by molar-refractivity contribution is 0.0473. The summed E-state index contributed by atoms with van der Waals surface area (Å²) in [6, 6.07) is 11.8. The predicted octanol–water partition coefficient (Wildman–Crippen LogP) is 4.61. The number of benzene rings is 2. The van der Waals surface area contributed by atoms with Gasteiger partial charge in [-0.15, -0.1) is 0 Å². The number of ether oxygens (including phenoxy) is 1. The summed E-state index contributed by atoms with van der Waals surface area (Å²) >= 11 is 0. The SMILES string of the molecule is C=Cc1cccc2cc(C(=O)N3CCC(NC(=O)OC(C)(C)C)CC3)ccc12. The van der Waals surface area contributed by atoms with E-state index in [1.807, 2.05) is 68.1 Å². The van der Waals surface area contributed by atoms with E-state index in [9.17, 15) is 9.59 Å². The van der Waals surface area contributed by atoms with Crippen molar-refractivity contribution < 1.29 is 14.3 Å². The zero-order valence-corrected chi connectivity index (χ0v) is 16.8. The average Bonchev–Trinajstić information content (AvgIpc) is 2.65. The highest BCUT2D eigenvalue weighted by Gasteiger charge is 2.26. The summed E-state index contributed by atoms with van der Waals surface area (Å²) in [5, 5.41) is 5.03. The highest BCUT2D eigenvalue weighted by molar-refractivity contribution is 6.00. The van der Waals surface area contributed by atoms with Crippen molar-refractivity contribution in [3.8, 4) is 0 Å². The van der Waals surface area contributed by atoms with E-state index in [1.54, 1.807) is 0 Å². The standard InChI is InChI=1S/C23H28N2O3/c1-5-16-7-6-8-17-15-18(9-10-20(16)17)21(26)25-13-11-19(12-14-25)24-22(27)28-23(2,3)4/h5-10,15,19H,1,11-14H2,2-4H3,(H,24,27). The summed E-state index contributed by atoms with van der Waals surface area (Å²) in [4.78, 5) is 26.7. The molecule has 0 atom stereocenters. The van der Waals surface area contributed by atoms with Crippen LogP contribution in [-0.4, -0.2) is 41.6 Å². The highest BCUT2D eigenvalue weighted by atomic mass is 16.6. The molecule has 0 aromatic heterocycles. The highest BCUT2D eigenvalue weighted by Crippen LogP contribution is 2.23. The monoisotopic (exact) mass is 380 g/mol. The Kier molecular flexibility index (Phi) is 5.73. The molecule has 0 bridgehead atoms. The number of fused-ring (bicyclic) bond motifs is 1. The van der Waals surface area contributed by atoms with Crippen molar-refractivity contribution in [2.24, 2.45) is 0 Å². The van der Waals surface area contributed by atoms with Crippen molar-refractivity contribution in [3.63, 3.8) is 0 Å². The van der Waals surface area contributed by atoms with Gasteiger partial charge in [0.05, 0.1) is 0 Å². The van der Waals surface area contributed by atoms with Gasteiger partial charge in [-0.1, -0.05) is 36.9 Å². The molecule has 1 N–H and O–H groups in total. The van der Waals surface area contributed by atoms with Crippen LogP contribution in [0.3, 0.4) is 0 Å². The van der Waals surface area contributed by atoms with Gasteiger partial charge < -0.3 is 15.0 Å². The fourth-order valence-corrected chi connectivity index (χ4v) is 3.50. The van der Waals surface area contributed by atoms with E-state index < -0.39 is 11.7 Å².